The Morgan fingerprint density at radius 1 is 0.917 bits per heavy atom. The maximum Gasteiger partial charge on any atom is 0.132 e. The van der Waals surface area contributed by atoms with Crippen molar-refractivity contribution in [2.24, 2.45) is 23.7 Å². The molecule has 0 saturated heterocycles. The molecule has 0 aromatic heterocycles. The summed E-state index contributed by atoms with van der Waals surface area (Å²) in [4.78, 5) is 11.1. The number of hydrogen-bond donors (Lipinski definition) is 0. The highest BCUT2D eigenvalue weighted by molar-refractivity contribution is 5.78. The summed E-state index contributed by atoms with van der Waals surface area (Å²) >= 11 is 0. The first-order valence-electron chi connectivity index (χ1n) is 4.88. The van der Waals surface area contributed by atoms with Crippen molar-refractivity contribution in [3.8, 4) is 0 Å². The zero-order valence-electron chi connectivity index (χ0n) is 9.22. The van der Waals surface area contributed by atoms with Gasteiger partial charge in [0, 0.05) is 5.92 Å². The molecule has 1 heteroatoms. The molecule has 0 heterocycles. The third-order valence-electron chi connectivity index (χ3n) is 3.31. The smallest absolute Gasteiger partial charge is 0.132 e. The predicted molar refractivity (Wildman–Crippen MR) is 53.0 cm³/mol. The number of ketones is 1. The van der Waals surface area contributed by atoms with E-state index in [2.05, 4.69) is 27.7 Å². The molecule has 12 heavy (non-hydrogen) atoms. The molecule has 0 saturated carbocycles. The van der Waals surface area contributed by atoms with E-state index in [4.69, 9.17) is 0 Å². The van der Waals surface area contributed by atoms with E-state index in [1.165, 1.54) is 0 Å². The van der Waals surface area contributed by atoms with Crippen LogP contribution in [0.5, 0.6) is 0 Å². The molecule has 3 atom stereocenters. The van der Waals surface area contributed by atoms with Crippen LogP contribution in [0.2, 0.25) is 0 Å². The van der Waals surface area contributed by atoms with Crippen molar-refractivity contribution in [3.05, 3.63) is 0 Å². The monoisotopic (exact) mass is 170 g/mol. The van der Waals surface area contributed by atoms with Crippen molar-refractivity contribution in [1.82, 2.24) is 0 Å². The molecule has 0 radical (unpaired) electrons. The first kappa shape index (κ1) is 11.7. The second kappa shape index (κ2) is 4.64. The lowest BCUT2D eigenvalue weighted by molar-refractivity contribution is -0.122. The van der Waals surface area contributed by atoms with Crippen molar-refractivity contribution < 1.29 is 4.79 Å². The quantitative estimate of drug-likeness (QED) is 0.633. The van der Waals surface area contributed by atoms with Gasteiger partial charge >= 0.3 is 0 Å². The van der Waals surface area contributed by atoms with Gasteiger partial charge in [0.25, 0.3) is 0 Å². The van der Waals surface area contributed by atoms with Crippen molar-refractivity contribution in [2.75, 3.05) is 0 Å². The molecule has 1 nitrogen and oxygen atoms in total. The SMILES string of the molecule is CC(=O)C(C)C(C)C(C)C(C)C. The zero-order valence-corrected chi connectivity index (χ0v) is 9.22. The summed E-state index contributed by atoms with van der Waals surface area (Å²) in [6.45, 7) is 12.6. The minimum absolute atomic E-state index is 0.211. The van der Waals surface area contributed by atoms with Gasteiger partial charge in [0.1, 0.15) is 5.78 Å². The van der Waals surface area contributed by atoms with Crippen molar-refractivity contribution in [1.29, 1.82) is 0 Å². The third kappa shape index (κ3) is 2.96. The molecule has 0 spiro atoms. The van der Waals surface area contributed by atoms with Gasteiger partial charge in [-0.2, -0.15) is 0 Å². The average molecular weight is 170 g/mol. The van der Waals surface area contributed by atoms with Crippen LogP contribution >= 0.6 is 0 Å². The van der Waals surface area contributed by atoms with Gasteiger partial charge in [-0.1, -0.05) is 34.6 Å². The molecule has 3 unspecified atom stereocenters. The van der Waals surface area contributed by atoms with Crippen molar-refractivity contribution in [3.63, 3.8) is 0 Å². The van der Waals surface area contributed by atoms with E-state index in [1.54, 1.807) is 6.92 Å². The molecular formula is C11H22O. The van der Waals surface area contributed by atoms with E-state index in [1.807, 2.05) is 6.92 Å². The van der Waals surface area contributed by atoms with Crippen LogP contribution in [-0.4, -0.2) is 5.78 Å². The Morgan fingerprint density at radius 2 is 1.33 bits per heavy atom. The van der Waals surface area contributed by atoms with Crippen molar-refractivity contribution in [2.45, 2.75) is 41.5 Å². The van der Waals surface area contributed by atoms with E-state index in [0.717, 1.165) is 0 Å². The highest BCUT2D eigenvalue weighted by Gasteiger charge is 2.23. The number of carbonyl (C=O) groups excluding carboxylic acids is 1. The Kier molecular flexibility index (Phi) is 4.51. The molecule has 0 aliphatic rings. The second-order valence-electron chi connectivity index (χ2n) is 4.36. The molecule has 0 bridgehead atoms. The zero-order chi connectivity index (χ0) is 9.89. The summed E-state index contributed by atoms with van der Waals surface area (Å²) in [6.07, 6.45) is 0. The molecule has 0 aromatic rings. The molecule has 0 amide bonds. The predicted octanol–water partition coefficient (Wildman–Crippen LogP) is 3.14. The number of carbonyl (C=O) groups is 1. The lowest BCUT2D eigenvalue weighted by atomic mass is 9.78. The number of hydrogen-bond acceptors (Lipinski definition) is 1. The molecular weight excluding hydrogens is 148 g/mol. The Morgan fingerprint density at radius 3 is 1.58 bits per heavy atom. The number of rotatable bonds is 4. The van der Waals surface area contributed by atoms with Gasteiger partial charge in [-0.05, 0) is 24.7 Å². The van der Waals surface area contributed by atoms with Crippen LogP contribution in [0.4, 0.5) is 0 Å². The van der Waals surface area contributed by atoms with Crippen molar-refractivity contribution >= 4 is 5.78 Å². The van der Waals surface area contributed by atoms with Gasteiger partial charge < -0.3 is 0 Å². The standard InChI is InChI=1S/C11H22O/c1-7(2)8(3)9(4)10(5)11(6)12/h7-10H,1-6H3. The molecule has 0 aromatic carbocycles. The van der Waals surface area contributed by atoms with Crippen LogP contribution in [0.1, 0.15) is 41.5 Å². The van der Waals surface area contributed by atoms with Crippen LogP contribution in [0.25, 0.3) is 0 Å². The molecule has 0 aliphatic heterocycles. The lowest BCUT2D eigenvalue weighted by Crippen LogP contribution is -2.25. The largest absolute Gasteiger partial charge is 0.300 e. The fourth-order valence-corrected chi connectivity index (χ4v) is 1.43. The third-order valence-corrected chi connectivity index (χ3v) is 3.31. The second-order valence-corrected chi connectivity index (χ2v) is 4.36. The highest BCUT2D eigenvalue weighted by Crippen LogP contribution is 2.26. The molecule has 72 valence electrons. The molecule has 0 fully saturated rings. The minimum atomic E-state index is 0.211. The Hall–Kier alpha value is -0.330. The van der Waals surface area contributed by atoms with E-state index in [-0.39, 0.29) is 5.92 Å². The van der Waals surface area contributed by atoms with E-state index in [9.17, 15) is 4.79 Å². The minimum Gasteiger partial charge on any atom is -0.300 e. The van der Waals surface area contributed by atoms with E-state index >= 15 is 0 Å². The van der Waals surface area contributed by atoms with E-state index < -0.39 is 0 Å². The van der Waals surface area contributed by atoms with Crippen LogP contribution in [0.15, 0.2) is 0 Å². The maximum absolute atomic E-state index is 11.1. The van der Waals surface area contributed by atoms with Gasteiger partial charge in [0.2, 0.25) is 0 Å². The number of Topliss-reactive ketones (excluding diaryl/α,β-unsaturated/α-hetero) is 1. The first-order valence-corrected chi connectivity index (χ1v) is 4.88. The fourth-order valence-electron chi connectivity index (χ4n) is 1.43. The van der Waals surface area contributed by atoms with Gasteiger partial charge in [0.15, 0.2) is 0 Å². The van der Waals surface area contributed by atoms with Crippen LogP contribution in [-0.2, 0) is 4.79 Å². The van der Waals surface area contributed by atoms with Crippen LogP contribution < -0.4 is 0 Å². The summed E-state index contributed by atoms with van der Waals surface area (Å²) in [7, 11) is 0. The molecule has 0 N–H and O–H groups in total. The van der Waals surface area contributed by atoms with Gasteiger partial charge in [-0.25, -0.2) is 0 Å². The maximum atomic E-state index is 11.1. The van der Waals surface area contributed by atoms with Crippen LogP contribution in [0.3, 0.4) is 0 Å². The Bertz CT molecular complexity index is 149. The fraction of sp³-hybridized carbons (Fsp3) is 0.909. The summed E-state index contributed by atoms with van der Waals surface area (Å²) in [6, 6.07) is 0. The van der Waals surface area contributed by atoms with Crippen LogP contribution in [0, 0.1) is 23.7 Å². The molecule has 0 aliphatic carbocycles. The lowest BCUT2D eigenvalue weighted by Gasteiger charge is -2.27. The normalized spacial score (nSPS) is 18.9. The van der Waals surface area contributed by atoms with Gasteiger partial charge in [-0.3, -0.25) is 4.79 Å². The van der Waals surface area contributed by atoms with E-state index in [0.29, 0.717) is 23.5 Å². The summed E-state index contributed by atoms with van der Waals surface area (Å²) in [5.74, 6) is 2.32. The Labute approximate surface area is 76.6 Å². The Balaban J connectivity index is 4.18. The summed E-state index contributed by atoms with van der Waals surface area (Å²) in [5.41, 5.74) is 0. The van der Waals surface area contributed by atoms with Gasteiger partial charge in [0.05, 0.1) is 0 Å². The highest BCUT2D eigenvalue weighted by atomic mass is 16.1. The summed E-state index contributed by atoms with van der Waals surface area (Å²) in [5, 5.41) is 0. The van der Waals surface area contributed by atoms with Gasteiger partial charge in [-0.15, -0.1) is 0 Å². The molecule has 0 rings (SSSR count). The average Bonchev–Trinajstić information content (AvgIpc) is 2.00. The summed E-state index contributed by atoms with van der Waals surface area (Å²) < 4.78 is 0. The topological polar surface area (TPSA) is 17.1 Å². The first-order chi connectivity index (χ1) is 5.37.